The maximum Gasteiger partial charge on any atom is 0.0498 e. The van der Waals surface area contributed by atoms with Crippen LogP contribution >= 0.6 is 0 Å². The third-order valence-corrected chi connectivity index (χ3v) is 4.63. The van der Waals surface area contributed by atoms with E-state index >= 15 is 0 Å². The van der Waals surface area contributed by atoms with Crippen LogP contribution in [0.25, 0.3) is 11.3 Å². The summed E-state index contributed by atoms with van der Waals surface area (Å²) in [6, 6.07) is 27.8. The van der Waals surface area contributed by atoms with Gasteiger partial charge in [0.1, 0.15) is 0 Å². The van der Waals surface area contributed by atoms with Crippen LogP contribution in [0.5, 0.6) is 0 Å². The summed E-state index contributed by atoms with van der Waals surface area (Å²) in [6.45, 7) is 3.98. The molecule has 0 unspecified atom stereocenters. The van der Waals surface area contributed by atoms with E-state index in [-0.39, 0.29) is 0 Å². The van der Waals surface area contributed by atoms with Crippen LogP contribution in [0, 0.1) is 6.92 Å². The van der Waals surface area contributed by atoms with Crippen LogP contribution in [0.4, 0.5) is 0 Å². The van der Waals surface area contributed by atoms with Gasteiger partial charge in [0, 0.05) is 42.4 Å². The second kappa shape index (κ2) is 6.86. The molecule has 4 rings (SSSR count). The van der Waals surface area contributed by atoms with Crippen LogP contribution in [0.15, 0.2) is 91.3 Å². The SMILES string of the molecule is Cc1cc(-c2cccn2Cc2ccccc2)cn1Cc1ccccc1. The number of benzene rings is 2. The molecule has 0 N–H and O–H groups in total. The number of aryl methyl sites for hydroxylation is 1. The largest absolute Gasteiger partial charge is 0.347 e. The summed E-state index contributed by atoms with van der Waals surface area (Å²) in [5.74, 6) is 0. The molecule has 0 saturated heterocycles. The number of nitrogens with zero attached hydrogens (tertiary/aromatic N) is 2. The highest BCUT2D eigenvalue weighted by Crippen LogP contribution is 2.24. The minimum absolute atomic E-state index is 0.895. The Bertz CT molecular complexity index is 946. The molecule has 0 amide bonds. The van der Waals surface area contributed by atoms with Gasteiger partial charge in [-0.15, -0.1) is 0 Å². The molecule has 124 valence electrons. The van der Waals surface area contributed by atoms with Crippen molar-refractivity contribution in [3.63, 3.8) is 0 Å². The zero-order valence-electron chi connectivity index (χ0n) is 14.5. The van der Waals surface area contributed by atoms with Crippen LogP contribution in [-0.2, 0) is 13.1 Å². The van der Waals surface area contributed by atoms with Gasteiger partial charge in [0.25, 0.3) is 0 Å². The molecular weight excluding hydrogens is 304 g/mol. The van der Waals surface area contributed by atoms with Crippen molar-refractivity contribution in [1.82, 2.24) is 9.13 Å². The first-order valence-corrected chi connectivity index (χ1v) is 8.70. The Morgan fingerprint density at radius 2 is 1.28 bits per heavy atom. The molecule has 2 nitrogen and oxygen atoms in total. The summed E-state index contributed by atoms with van der Waals surface area (Å²) in [6.07, 6.45) is 4.42. The summed E-state index contributed by atoms with van der Waals surface area (Å²) in [7, 11) is 0. The molecule has 25 heavy (non-hydrogen) atoms. The van der Waals surface area contributed by atoms with Crippen LogP contribution in [-0.4, -0.2) is 9.13 Å². The minimum Gasteiger partial charge on any atom is -0.347 e. The topological polar surface area (TPSA) is 9.86 Å². The Kier molecular flexibility index (Phi) is 4.26. The van der Waals surface area contributed by atoms with E-state index in [1.165, 1.54) is 28.1 Å². The third-order valence-electron chi connectivity index (χ3n) is 4.63. The molecule has 2 aromatic carbocycles. The van der Waals surface area contributed by atoms with Gasteiger partial charge in [-0.3, -0.25) is 0 Å². The Balaban J connectivity index is 1.61. The maximum absolute atomic E-state index is 2.32. The first kappa shape index (κ1) is 15.5. The summed E-state index contributed by atoms with van der Waals surface area (Å²) in [5.41, 5.74) is 6.47. The van der Waals surface area contributed by atoms with Crippen molar-refractivity contribution in [1.29, 1.82) is 0 Å². The molecule has 0 aliphatic carbocycles. The molecule has 4 aromatic rings. The van der Waals surface area contributed by atoms with Crippen molar-refractivity contribution in [2.75, 3.05) is 0 Å². The van der Waals surface area contributed by atoms with Crippen molar-refractivity contribution in [2.45, 2.75) is 20.0 Å². The van der Waals surface area contributed by atoms with Crippen LogP contribution in [0.2, 0.25) is 0 Å². The molecule has 0 aliphatic heterocycles. The second-order valence-electron chi connectivity index (χ2n) is 6.49. The molecule has 0 atom stereocenters. The zero-order valence-corrected chi connectivity index (χ0v) is 14.5. The van der Waals surface area contributed by atoms with Crippen molar-refractivity contribution >= 4 is 0 Å². The molecule has 2 heteroatoms. The highest BCUT2D eigenvalue weighted by molar-refractivity contribution is 5.60. The minimum atomic E-state index is 0.895. The van der Waals surface area contributed by atoms with Gasteiger partial charge < -0.3 is 9.13 Å². The number of hydrogen-bond donors (Lipinski definition) is 0. The Hall–Kier alpha value is -3.00. The van der Waals surface area contributed by atoms with Crippen molar-refractivity contribution in [3.8, 4) is 11.3 Å². The first-order valence-electron chi connectivity index (χ1n) is 8.70. The van der Waals surface area contributed by atoms with E-state index in [9.17, 15) is 0 Å². The number of rotatable bonds is 5. The van der Waals surface area contributed by atoms with Gasteiger partial charge in [-0.25, -0.2) is 0 Å². The van der Waals surface area contributed by atoms with Crippen molar-refractivity contribution in [2.24, 2.45) is 0 Å². The van der Waals surface area contributed by atoms with E-state index in [4.69, 9.17) is 0 Å². The first-order chi connectivity index (χ1) is 12.3. The highest BCUT2D eigenvalue weighted by atomic mass is 15.0. The fourth-order valence-electron chi connectivity index (χ4n) is 3.30. The lowest BCUT2D eigenvalue weighted by Crippen LogP contribution is -2.00. The normalized spacial score (nSPS) is 10.9. The molecule has 0 fully saturated rings. The Morgan fingerprint density at radius 3 is 1.92 bits per heavy atom. The van der Waals surface area contributed by atoms with Gasteiger partial charge >= 0.3 is 0 Å². The molecule has 0 radical (unpaired) electrons. The molecule has 2 aromatic heterocycles. The predicted octanol–water partition coefficient (Wildman–Crippen LogP) is 5.36. The van der Waals surface area contributed by atoms with Crippen LogP contribution in [0.1, 0.15) is 16.8 Å². The van der Waals surface area contributed by atoms with Gasteiger partial charge in [-0.1, -0.05) is 60.7 Å². The summed E-state index contributed by atoms with van der Waals surface area (Å²) in [5, 5.41) is 0. The van der Waals surface area contributed by atoms with E-state index in [0.29, 0.717) is 0 Å². The van der Waals surface area contributed by atoms with Gasteiger partial charge in [0.15, 0.2) is 0 Å². The average Bonchev–Trinajstić information content (AvgIpc) is 3.24. The van der Waals surface area contributed by atoms with Gasteiger partial charge in [0.05, 0.1) is 0 Å². The summed E-state index contributed by atoms with van der Waals surface area (Å²) in [4.78, 5) is 0. The van der Waals surface area contributed by atoms with E-state index in [2.05, 4.69) is 107 Å². The lowest BCUT2D eigenvalue weighted by molar-refractivity contribution is 0.775. The fourth-order valence-corrected chi connectivity index (χ4v) is 3.30. The van der Waals surface area contributed by atoms with E-state index in [1.807, 2.05) is 0 Å². The molecule has 2 heterocycles. The van der Waals surface area contributed by atoms with Crippen LogP contribution < -0.4 is 0 Å². The quantitative estimate of drug-likeness (QED) is 0.467. The lowest BCUT2D eigenvalue weighted by Gasteiger charge is -2.08. The van der Waals surface area contributed by atoms with Gasteiger partial charge in [-0.2, -0.15) is 0 Å². The molecule has 0 saturated carbocycles. The molecule has 0 spiro atoms. The smallest absolute Gasteiger partial charge is 0.0498 e. The van der Waals surface area contributed by atoms with Crippen LogP contribution in [0.3, 0.4) is 0 Å². The summed E-state index contributed by atoms with van der Waals surface area (Å²) >= 11 is 0. The molecular formula is C23H22N2. The van der Waals surface area contributed by atoms with E-state index in [1.54, 1.807) is 0 Å². The fraction of sp³-hybridized carbons (Fsp3) is 0.130. The van der Waals surface area contributed by atoms with E-state index in [0.717, 1.165) is 13.1 Å². The zero-order chi connectivity index (χ0) is 17.1. The Morgan fingerprint density at radius 1 is 0.680 bits per heavy atom. The third kappa shape index (κ3) is 3.43. The van der Waals surface area contributed by atoms with Gasteiger partial charge in [0.2, 0.25) is 0 Å². The van der Waals surface area contributed by atoms with Crippen molar-refractivity contribution < 1.29 is 0 Å². The van der Waals surface area contributed by atoms with E-state index < -0.39 is 0 Å². The van der Waals surface area contributed by atoms with Gasteiger partial charge in [-0.05, 0) is 36.2 Å². The summed E-state index contributed by atoms with van der Waals surface area (Å²) < 4.78 is 4.64. The molecule has 0 aliphatic rings. The maximum atomic E-state index is 2.32. The van der Waals surface area contributed by atoms with Crippen molar-refractivity contribution in [3.05, 3.63) is 108 Å². The highest BCUT2D eigenvalue weighted by Gasteiger charge is 2.09. The number of hydrogen-bond acceptors (Lipinski definition) is 0. The monoisotopic (exact) mass is 326 g/mol. The average molecular weight is 326 g/mol. The Labute approximate surface area is 149 Å². The lowest BCUT2D eigenvalue weighted by atomic mass is 10.2. The second-order valence-corrected chi connectivity index (χ2v) is 6.49. The number of aromatic nitrogens is 2. The predicted molar refractivity (Wildman–Crippen MR) is 104 cm³/mol. The molecule has 0 bridgehead atoms. The standard InChI is InChI=1S/C23H22N2/c1-19-15-22(18-25(19)17-21-11-6-3-7-12-21)23-13-8-14-24(23)16-20-9-4-2-5-10-20/h2-15,18H,16-17H2,1H3.